The molecule has 0 aromatic rings. The van der Waals surface area contributed by atoms with E-state index in [9.17, 15) is 45.6 Å². The van der Waals surface area contributed by atoms with Gasteiger partial charge in [-0.3, -0.25) is 4.79 Å². The molecule has 1 amide bonds. The summed E-state index contributed by atoms with van der Waals surface area (Å²) < 4.78 is 22.6. The Balaban J connectivity index is 1.59. The Kier molecular flexibility index (Phi) is 42.1. The molecule has 14 heteroatoms. The van der Waals surface area contributed by atoms with Crippen LogP contribution in [0.1, 0.15) is 251 Å². The molecule has 2 rings (SSSR count). The monoisotopic (exact) mass is 1040 g/mol. The molecule has 9 N–H and O–H groups in total. The highest BCUT2D eigenvalue weighted by molar-refractivity contribution is 5.76. The zero-order valence-electron chi connectivity index (χ0n) is 46.1. The Bertz CT molecular complexity index is 1320. The fraction of sp³-hybridized carbons (Fsp3) is 0.915. The highest BCUT2D eigenvalue weighted by Crippen LogP contribution is 2.30. The highest BCUT2D eigenvalue weighted by atomic mass is 16.7. The largest absolute Gasteiger partial charge is 0.394 e. The van der Waals surface area contributed by atoms with Gasteiger partial charge in [-0.25, -0.2) is 0 Å². The molecule has 430 valence electrons. The predicted molar refractivity (Wildman–Crippen MR) is 291 cm³/mol. The van der Waals surface area contributed by atoms with Crippen molar-refractivity contribution in [3.8, 4) is 0 Å². The van der Waals surface area contributed by atoms with Crippen LogP contribution in [0.25, 0.3) is 0 Å². The molecule has 14 nitrogen and oxygen atoms in total. The molecule has 2 aliphatic rings. The van der Waals surface area contributed by atoms with E-state index < -0.39 is 86.8 Å². The van der Waals surface area contributed by atoms with Gasteiger partial charge in [-0.05, 0) is 32.1 Å². The van der Waals surface area contributed by atoms with Crippen LogP contribution in [0.3, 0.4) is 0 Å². The topological polar surface area (TPSA) is 228 Å². The third-order valence-corrected chi connectivity index (χ3v) is 14.9. The summed E-state index contributed by atoms with van der Waals surface area (Å²) in [6, 6.07) is -0.925. The maximum absolute atomic E-state index is 13.0. The molecule has 2 saturated heterocycles. The number of allylic oxidation sites excluding steroid dienone is 3. The van der Waals surface area contributed by atoms with Crippen LogP contribution < -0.4 is 5.32 Å². The standard InChI is InChI=1S/C59H111NO13/c1-3-5-7-9-11-12-13-14-15-16-17-18-19-20-21-22-23-24-25-26-27-28-29-30-31-32-33-34-35-36-37-38-40-42-48(63)47(60-51(64)43-41-39-10-8-6-4-2)46-70-58-56(69)54(67)57(50(45-62)72-58)73-59-55(68)53(66)52(65)49(44-61)71-59/h35-36,40,42,47-50,52-59,61-63,65-69H,3-34,37-39,41,43-46H2,1-2H3,(H,60,64)/b36-35+,42-40+. The third-order valence-electron chi connectivity index (χ3n) is 14.9. The van der Waals surface area contributed by atoms with Crippen LogP contribution in [0.15, 0.2) is 24.3 Å². The lowest BCUT2D eigenvalue weighted by Crippen LogP contribution is -2.65. The average molecular weight is 1040 g/mol. The molecule has 0 radical (unpaired) electrons. The lowest BCUT2D eigenvalue weighted by atomic mass is 9.97. The number of ether oxygens (including phenoxy) is 4. The molecule has 0 aromatic carbocycles. The summed E-state index contributed by atoms with van der Waals surface area (Å²) in [5, 5.41) is 86.6. The second-order valence-corrected chi connectivity index (χ2v) is 21.5. The summed E-state index contributed by atoms with van der Waals surface area (Å²) in [6.07, 6.45) is 37.4. The quantitative estimate of drug-likeness (QED) is 0.0204. The van der Waals surface area contributed by atoms with Crippen molar-refractivity contribution in [2.75, 3.05) is 19.8 Å². The number of hydrogen-bond acceptors (Lipinski definition) is 13. The second kappa shape index (κ2) is 45.5. The van der Waals surface area contributed by atoms with Crippen LogP contribution in [0.4, 0.5) is 0 Å². The number of carbonyl (C=O) groups is 1. The molecular formula is C59H111NO13. The number of nitrogens with one attached hydrogen (secondary N) is 1. The normalized spacial score (nSPS) is 25.5. The van der Waals surface area contributed by atoms with Crippen molar-refractivity contribution in [3.05, 3.63) is 24.3 Å². The van der Waals surface area contributed by atoms with Crippen LogP contribution in [0.5, 0.6) is 0 Å². The van der Waals surface area contributed by atoms with E-state index in [1.807, 2.05) is 6.08 Å². The van der Waals surface area contributed by atoms with E-state index in [0.717, 1.165) is 44.9 Å². The van der Waals surface area contributed by atoms with Gasteiger partial charge in [0.15, 0.2) is 12.6 Å². The van der Waals surface area contributed by atoms with Gasteiger partial charge in [-0.2, -0.15) is 0 Å². The summed E-state index contributed by atoms with van der Waals surface area (Å²) in [5.74, 6) is -0.257. The Morgan fingerprint density at radius 3 is 1.34 bits per heavy atom. The van der Waals surface area contributed by atoms with E-state index in [1.165, 1.54) is 173 Å². The molecule has 0 aromatic heterocycles. The van der Waals surface area contributed by atoms with E-state index >= 15 is 0 Å². The highest BCUT2D eigenvalue weighted by Gasteiger charge is 2.51. The minimum atomic E-state index is -1.79. The summed E-state index contributed by atoms with van der Waals surface area (Å²) in [7, 11) is 0. The van der Waals surface area contributed by atoms with E-state index in [-0.39, 0.29) is 18.9 Å². The number of aliphatic hydroxyl groups excluding tert-OH is 8. The van der Waals surface area contributed by atoms with Crippen molar-refractivity contribution in [1.29, 1.82) is 0 Å². The number of unbranched alkanes of at least 4 members (excludes halogenated alkanes) is 33. The van der Waals surface area contributed by atoms with Gasteiger partial charge in [0.1, 0.15) is 48.8 Å². The molecule has 12 unspecified atom stereocenters. The number of rotatable bonds is 48. The second-order valence-electron chi connectivity index (χ2n) is 21.5. The number of carbonyl (C=O) groups excluding carboxylic acids is 1. The number of amides is 1. The van der Waals surface area contributed by atoms with Gasteiger partial charge in [0.05, 0.1) is 32.0 Å². The summed E-state index contributed by atoms with van der Waals surface area (Å²) in [4.78, 5) is 13.0. The Morgan fingerprint density at radius 2 is 0.877 bits per heavy atom. The minimum Gasteiger partial charge on any atom is -0.394 e. The lowest BCUT2D eigenvalue weighted by molar-refractivity contribution is -0.359. The van der Waals surface area contributed by atoms with Crippen molar-refractivity contribution in [2.24, 2.45) is 0 Å². The minimum absolute atomic E-state index is 0.257. The molecule has 2 heterocycles. The molecule has 0 saturated carbocycles. The molecule has 0 aliphatic carbocycles. The van der Waals surface area contributed by atoms with Crippen molar-refractivity contribution >= 4 is 5.91 Å². The third kappa shape index (κ3) is 31.5. The van der Waals surface area contributed by atoms with E-state index in [1.54, 1.807) is 6.08 Å². The zero-order valence-corrected chi connectivity index (χ0v) is 46.1. The average Bonchev–Trinajstić information content (AvgIpc) is 3.39. The first-order valence-electron chi connectivity index (χ1n) is 30.1. The fourth-order valence-corrected chi connectivity index (χ4v) is 10.0. The van der Waals surface area contributed by atoms with Crippen LogP contribution in [0.2, 0.25) is 0 Å². The lowest BCUT2D eigenvalue weighted by Gasteiger charge is -2.46. The summed E-state index contributed by atoms with van der Waals surface area (Å²) >= 11 is 0. The first kappa shape index (κ1) is 67.6. The first-order chi connectivity index (χ1) is 35.6. The van der Waals surface area contributed by atoms with Crippen LogP contribution in [-0.4, -0.2) is 140 Å². The first-order valence-corrected chi connectivity index (χ1v) is 30.1. The van der Waals surface area contributed by atoms with Crippen molar-refractivity contribution in [1.82, 2.24) is 5.32 Å². The van der Waals surface area contributed by atoms with Gasteiger partial charge in [-0.1, -0.05) is 237 Å². The molecule has 2 aliphatic heterocycles. The van der Waals surface area contributed by atoms with Gasteiger partial charge in [0.2, 0.25) is 5.91 Å². The molecule has 0 bridgehead atoms. The molecule has 0 spiro atoms. The van der Waals surface area contributed by atoms with Gasteiger partial charge < -0.3 is 65.1 Å². The summed E-state index contributed by atoms with van der Waals surface area (Å²) in [6.45, 7) is 2.71. The number of hydrogen-bond donors (Lipinski definition) is 9. The molecule has 12 atom stereocenters. The smallest absolute Gasteiger partial charge is 0.220 e. The van der Waals surface area contributed by atoms with Crippen molar-refractivity contribution < 1.29 is 64.6 Å². The molecule has 73 heavy (non-hydrogen) atoms. The fourth-order valence-electron chi connectivity index (χ4n) is 10.0. The maximum Gasteiger partial charge on any atom is 0.220 e. The Morgan fingerprint density at radius 1 is 0.479 bits per heavy atom. The molecular weight excluding hydrogens is 931 g/mol. The summed E-state index contributed by atoms with van der Waals surface area (Å²) in [5.41, 5.74) is 0. The van der Waals surface area contributed by atoms with Crippen LogP contribution in [-0.2, 0) is 23.7 Å². The zero-order chi connectivity index (χ0) is 53.2. The van der Waals surface area contributed by atoms with Gasteiger partial charge in [0, 0.05) is 6.42 Å². The van der Waals surface area contributed by atoms with Gasteiger partial charge >= 0.3 is 0 Å². The van der Waals surface area contributed by atoms with Gasteiger partial charge in [0.25, 0.3) is 0 Å². The molecule has 2 fully saturated rings. The van der Waals surface area contributed by atoms with Crippen molar-refractivity contribution in [2.45, 2.75) is 325 Å². The van der Waals surface area contributed by atoms with E-state index in [4.69, 9.17) is 18.9 Å². The Hall–Kier alpha value is -1.53. The van der Waals surface area contributed by atoms with Crippen molar-refractivity contribution in [3.63, 3.8) is 0 Å². The van der Waals surface area contributed by atoms with E-state index in [2.05, 4.69) is 31.3 Å². The van der Waals surface area contributed by atoms with Gasteiger partial charge in [-0.15, -0.1) is 0 Å². The van der Waals surface area contributed by atoms with E-state index in [0.29, 0.717) is 12.8 Å². The predicted octanol–water partition coefficient (Wildman–Crippen LogP) is 10.1. The SMILES string of the molecule is CCCCCCCCCCCCCCCCCCCCCCCCCCCCC/C=C/CC/C=C/C(O)C(COC1OC(CO)C(OC2OC(CO)C(O)C(O)C2O)C(O)C1O)NC(=O)CCCCCCCC. The number of aliphatic hydroxyl groups is 8. The van der Waals surface area contributed by atoms with Crippen LogP contribution >= 0.6 is 0 Å². The Labute approximate surface area is 443 Å². The van der Waals surface area contributed by atoms with Crippen LogP contribution in [0, 0.1) is 0 Å². The maximum atomic E-state index is 13.0.